The van der Waals surface area contributed by atoms with E-state index in [4.69, 9.17) is 9.97 Å². The summed E-state index contributed by atoms with van der Waals surface area (Å²) in [4.78, 5) is 10.7. The molecule has 296 valence electrons. The van der Waals surface area contributed by atoms with Gasteiger partial charge in [0.2, 0.25) is 0 Å². The molecule has 0 N–H and O–H groups in total. The molecule has 1 aliphatic carbocycles. The van der Waals surface area contributed by atoms with E-state index in [1.165, 1.54) is 66.1 Å². The maximum Gasteiger partial charge on any atom is 0.160 e. The molecule has 0 radical (unpaired) electrons. The second kappa shape index (κ2) is 14.6. The van der Waals surface area contributed by atoms with Gasteiger partial charge >= 0.3 is 0 Å². The lowest BCUT2D eigenvalue weighted by molar-refractivity contribution is 0.661. The number of fused-ring (bicyclic) bond motifs is 6. The molecule has 1 aromatic heterocycles. The second-order valence-electron chi connectivity index (χ2n) is 17.3. The van der Waals surface area contributed by atoms with Crippen LogP contribution >= 0.6 is 0 Å². The van der Waals surface area contributed by atoms with Crippen molar-refractivity contribution >= 4 is 32.3 Å². The van der Waals surface area contributed by atoms with Crippen molar-refractivity contribution in [1.82, 2.24) is 9.97 Å². The Bertz CT molecular complexity index is 3530. The predicted molar refractivity (Wildman–Crippen MR) is 265 cm³/mol. The second-order valence-corrected chi connectivity index (χ2v) is 17.3. The lowest BCUT2D eigenvalue weighted by Crippen LogP contribution is -2.14. The zero-order chi connectivity index (χ0) is 42.1. The quantitative estimate of drug-likeness (QED) is 0.157. The molecule has 2 nitrogen and oxygen atoms in total. The molecule has 0 saturated heterocycles. The van der Waals surface area contributed by atoms with Crippen LogP contribution in [0.3, 0.4) is 0 Å². The third-order valence-electron chi connectivity index (χ3n) is 13.3. The zero-order valence-electron chi connectivity index (χ0n) is 35.2. The van der Waals surface area contributed by atoms with E-state index >= 15 is 0 Å². The van der Waals surface area contributed by atoms with Gasteiger partial charge in [-0.2, -0.15) is 0 Å². The summed E-state index contributed by atoms with van der Waals surface area (Å²) in [7, 11) is 0. The minimum atomic E-state index is -0.116. The molecule has 0 unspecified atom stereocenters. The molecule has 0 saturated carbocycles. The zero-order valence-corrected chi connectivity index (χ0v) is 35.2. The first-order valence-electron chi connectivity index (χ1n) is 21.8. The summed E-state index contributed by atoms with van der Waals surface area (Å²) in [5.74, 6) is 0.698. The molecule has 0 bridgehead atoms. The first-order chi connectivity index (χ1) is 31.0. The van der Waals surface area contributed by atoms with Crippen LogP contribution in [0.2, 0.25) is 0 Å². The van der Waals surface area contributed by atoms with Crippen LogP contribution in [0.15, 0.2) is 218 Å². The van der Waals surface area contributed by atoms with Crippen molar-refractivity contribution in [1.29, 1.82) is 0 Å². The van der Waals surface area contributed by atoms with Gasteiger partial charge in [0.15, 0.2) is 5.82 Å². The van der Waals surface area contributed by atoms with Gasteiger partial charge in [-0.15, -0.1) is 0 Å². The molecule has 0 amide bonds. The number of hydrogen-bond donors (Lipinski definition) is 0. The van der Waals surface area contributed by atoms with Crippen LogP contribution in [0.4, 0.5) is 0 Å². The Hall–Kier alpha value is -7.94. The molecule has 2 heteroatoms. The largest absolute Gasteiger partial charge is 0.228 e. The van der Waals surface area contributed by atoms with Crippen LogP contribution in [0.5, 0.6) is 0 Å². The SMILES string of the molecule is CC1(C)c2cc3ccccc3cc2-c2c(-c3cccc(-c4c5ccccc5c(-c5cc(-c6ccccc6-c6ccccc6)nc(-c6ccccc6)n5)c5ccccc45)c3)cccc21. The van der Waals surface area contributed by atoms with Gasteiger partial charge in [-0.3, -0.25) is 0 Å². The molecule has 63 heavy (non-hydrogen) atoms. The van der Waals surface area contributed by atoms with Crippen molar-refractivity contribution in [2.24, 2.45) is 0 Å². The molecule has 0 aliphatic heterocycles. The fourth-order valence-corrected chi connectivity index (χ4v) is 10.3. The molecule has 0 spiro atoms. The van der Waals surface area contributed by atoms with Gasteiger partial charge in [-0.05, 0) is 112 Å². The number of rotatable bonds is 6. The van der Waals surface area contributed by atoms with Gasteiger partial charge in [-0.25, -0.2) is 9.97 Å². The summed E-state index contributed by atoms with van der Waals surface area (Å²) >= 11 is 0. The van der Waals surface area contributed by atoms with E-state index in [-0.39, 0.29) is 5.41 Å². The molecule has 11 aromatic rings. The maximum atomic E-state index is 5.43. The van der Waals surface area contributed by atoms with Crippen LogP contribution in [-0.4, -0.2) is 9.97 Å². The first-order valence-corrected chi connectivity index (χ1v) is 21.8. The highest BCUT2D eigenvalue weighted by Gasteiger charge is 2.37. The average molecular weight is 803 g/mol. The van der Waals surface area contributed by atoms with Crippen LogP contribution in [0, 0.1) is 0 Å². The number of hydrogen-bond acceptors (Lipinski definition) is 2. The monoisotopic (exact) mass is 802 g/mol. The molecule has 10 aromatic carbocycles. The van der Waals surface area contributed by atoms with Gasteiger partial charge < -0.3 is 0 Å². The third kappa shape index (κ3) is 6.02. The van der Waals surface area contributed by atoms with Crippen molar-refractivity contribution in [3.8, 4) is 78.4 Å². The summed E-state index contributed by atoms with van der Waals surface area (Å²) < 4.78 is 0. The lowest BCUT2D eigenvalue weighted by atomic mass is 9.81. The van der Waals surface area contributed by atoms with Crippen molar-refractivity contribution in [3.63, 3.8) is 0 Å². The van der Waals surface area contributed by atoms with Gasteiger partial charge in [0, 0.05) is 22.1 Å². The molecular weight excluding hydrogens is 761 g/mol. The Balaban J connectivity index is 1.08. The maximum absolute atomic E-state index is 5.43. The summed E-state index contributed by atoms with van der Waals surface area (Å²) in [6.45, 7) is 4.75. The highest BCUT2D eigenvalue weighted by molar-refractivity contribution is 6.21. The van der Waals surface area contributed by atoms with E-state index in [1.807, 2.05) is 6.07 Å². The van der Waals surface area contributed by atoms with E-state index in [2.05, 4.69) is 226 Å². The Morgan fingerprint density at radius 3 is 1.51 bits per heavy atom. The molecule has 0 fully saturated rings. The van der Waals surface area contributed by atoms with Gasteiger partial charge in [0.25, 0.3) is 0 Å². The summed E-state index contributed by atoms with van der Waals surface area (Å²) in [5.41, 5.74) is 17.4. The van der Waals surface area contributed by atoms with Crippen molar-refractivity contribution < 1.29 is 0 Å². The van der Waals surface area contributed by atoms with Gasteiger partial charge in [0.1, 0.15) is 0 Å². The molecule has 1 heterocycles. The first kappa shape index (κ1) is 36.9. The number of aromatic nitrogens is 2. The van der Waals surface area contributed by atoms with Crippen LogP contribution < -0.4 is 0 Å². The average Bonchev–Trinajstić information content (AvgIpc) is 3.57. The standard InChI is InChI=1S/C61H42N2/c1-61(2)53-34-18-33-46(58(53)52-36-41-23-9-10-24-42(41)37-54(52)61)43-25-17-26-44(35-43)57-48-29-13-15-31-50(48)59(51-32-16-14-30-49(51)57)56-38-55(62-60(63-56)40-21-7-4-8-22-40)47-28-12-11-27-45(47)39-19-5-3-6-20-39/h3-38H,1-2H3. The fourth-order valence-electron chi connectivity index (χ4n) is 10.3. The molecular formula is C61H42N2. The van der Waals surface area contributed by atoms with Crippen LogP contribution in [-0.2, 0) is 5.41 Å². The Kier molecular flexibility index (Phi) is 8.55. The number of benzene rings is 10. The Morgan fingerprint density at radius 2 is 0.810 bits per heavy atom. The van der Waals surface area contributed by atoms with Crippen molar-refractivity contribution in [2.75, 3.05) is 0 Å². The van der Waals surface area contributed by atoms with E-state index < -0.39 is 0 Å². The van der Waals surface area contributed by atoms with Crippen LogP contribution in [0.1, 0.15) is 25.0 Å². The highest BCUT2D eigenvalue weighted by Crippen LogP contribution is 2.54. The van der Waals surface area contributed by atoms with Crippen LogP contribution in [0.25, 0.3) is 111 Å². The van der Waals surface area contributed by atoms with E-state index in [9.17, 15) is 0 Å². The minimum absolute atomic E-state index is 0.116. The normalized spacial score (nSPS) is 12.7. The predicted octanol–water partition coefficient (Wildman–Crippen LogP) is 16.2. The van der Waals surface area contributed by atoms with E-state index in [0.29, 0.717) is 5.82 Å². The van der Waals surface area contributed by atoms with Gasteiger partial charge in [0.05, 0.1) is 11.4 Å². The van der Waals surface area contributed by atoms with E-state index in [0.717, 1.165) is 50.0 Å². The summed E-state index contributed by atoms with van der Waals surface area (Å²) in [6.07, 6.45) is 0. The summed E-state index contributed by atoms with van der Waals surface area (Å²) in [5, 5.41) is 7.24. The van der Waals surface area contributed by atoms with E-state index in [1.54, 1.807) is 0 Å². The smallest absolute Gasteiger partial charge is 0.160 e. The molecule has 0 atom stereocenters. The summed E-state index contributed by atoms with van der Waals surface area (Å²) in [6, 6.07) is 79.1. The minimum Gasteiger partial charge on any atom is -0.228 e. The topological polar surface area (TPSA) is 25.8 Å². The Labute approximate surface area is 367 Å². The van der Waals surface area contributed by atoms with Gasteiger partial charge in [-0.1, -0.05) is 208 Å². The van der Waals surface area contributed by atoms with Crippen molar-refractivity contribution in [3.05, 3.63) is 230 Å². The fraction of sp³-hybridized carbons (Fsp3) is 0.0492. The Morgan fingerprint density at radius 1 is 0.302 bits per heavy atom. The molecule has 1 aliphatic rings. The lowest BCUT2D eigenvalue weighted by Gasteiger charge is -2.22. The van der Waals surface area contributed by atoms with Crippen molar-refractivity contribution in [2.45, 2.75) is 19.3 Å². The third-order valence-corrected chi connectivity index (χ3v) is 13.3. The molecule has 12 rings (SSSR count). The highest BCUT2D eigenvalue weighted by atomic mass is 14.9. The number of nitrogens with zero attached hydrogens (tertiary/aromatic N) is 2.